The average molecular weight is 309 g/mol. The molecule has 0 aliphatic rings. The first-order valence-corrected chi connectivity index (χ1v) is 8.08. The number of anilines is 3. The molecule has 0 bridgehead atoms. The predicted molar refractivity (Wildman–Crippen MR) is 95.9 cm³/mol. The van der Waals surface area contributed by atoms with Crippen molar-refractivity contribution in [2.24, 2.45) is 0 Å². The number of hydrogen-bond acceptors (Lipinski definition) is 4. The summed E-state index contributed by atoms with van der Waals surface area (Å²) >= 11 is 1.61. The highest BCUT2D eigenvalue weighted by Crippen LogP contribution is 2.30. The van der Waals surface area contributed by atoms with E-state index in [0.717, 1.165) is 38.9 Å². The molecule has 0 saturated carbocycles. The minimum Gasteiger partial charge on any atom is -0.399 e. The predicted octanol–water partition coefficient (Wildman–Crippen LogP) is 5.06. The first-order valence-electron chi connectivity index (χ1n) is 7.20. The van der Waals surface area contributed by atoms with Gasteiger partial charge in [0, 0.05) is 22.3 Å². The second kappa shape index (κ2) is 5.81. The van der Waals surface area contributed by atoms with Gasteiger partial charge in [0.2, 0.25) is 0 Å². The standard InChI is InChI=1S/C18H19N3S/c1-11-4-6-14(7-5-11)17-10-22-18(21-17)20-16-9-8-15(19)12(2)13(16)3/h4-10H,19H2,1-3H3,(H,20,21). The Kier molecular flexibility index (Phi) is 3.86. The Labute approximate surface area is 134 Å². The second-order valence-electron chi connectivity index (χ2n) is 5.48. The molecule has 2 aromatic carbocycles. The summed E-state index contributed by atoms with van der Waals surface area (Å²) in [6, 6.07) is 12.4. The van der Waals surface area contributed by atoms with Crippen molar-refractivity contribution in [3.63, 3.8) is 0 Å². The van der Waals surface area contributed by atoms with Crippen molar-refractivity contribution >= 4 is 27.8 Å². The third kappa shape index (κ3) is 2.83. The minimum absolute atomic E-state index is 0.822. The lowest BCUT2D eigenvalue weighted by Crippen LogP contribution is -1.98. The molecule has 0 spiro atoms. The molecule has 22 heavy (non-hydrogen) atoms. The van der Waals surface area contributed by atoms with Crippen molar-refractivity contribution in [3.05, 3.63) is 58.5 Å². The molecule has 3 nitrogen and oxygen atoms in total. The lowest BCUT2D eigenvalue weighted by atomic mass is 10.1. The number of hydrogen-bond donors (Lipinski definition) is 2. The van der Waals surface area contributed by atoms with E-state index in [4.69, 9.17) is 5.73 Å². The molecule has 112 valence electrons. The van der Waals surface area contributed by atoms with Crippen LogP contribution in [0.5, 0.6) is 0 Å². The molecule has 0 amide bonds. The third-order valence-electron chi connectivity index (χ3n) is 3.92. The van der Waals surface area contributed by atoms with Crippen molar-refractivity contribution in [1.82, 2.24) is 4.98 Å². The monoisotopic (exact) mass is 309 g/mol. The Morgan fingerprint density at radius 1 is 0.955 bits per heavy atom. The minimum atomic E-state index is 0.822. The molecule has 0 unspecified atom stereocenters. The second-order valence-corrected chi connectivity index (χ2v) is 6.34. The van der Waals surface area contributed by atoms with Gasteiger partial charge in [0.05, 0.1) is 5.69 Å². The molecule has 3 aromatic rings. The van der Waals surface area contributed by atoms with Crippen molar-refractivity contribution in [1.29, 1.82) is 0 Å². The van der Waals surface area contributed by atoms with Crippen LogP contribution in [0.25, 0.3) is 11.3 Å². The van der Waals surface area contributed by atoms with Gasteiger partial charge in [-0.15, -0.1) is 11.3 Å². The van der Waals surface area contributed by atoms with Gasteiger partial charge in [0.15, 0.2) is 5.13 Å². The Morgan fingerprint density at radius 3 is 2.41 bits per heavy atom. The summed E-state index contributed by atoms with van der Waals surface area (Å²) in [4.78, 5) is 4.67. The number of rotatable bonds is 3. The van der Waals surface area contributed by atoms with Gasteiger partial charge >= 0.3 is 0 Å². The zero-order chi connectivity index (χ0) is 15.7. The first kappa shape index (κ1) is 14.6. The summed E-state index contributed by atoms with van der Waals surface area (Å²) in [6.45, 7) is 6.20. The quantitative estimate of drug-likeness (QED) is 0.665. The summed E-state index contributed by atoms with van der Waals surface area (Å²) < 4.78 is 0. The molecule has 1 heterocycles. The molecule has 4 heteroatoms. The van der Waals surface area contributed by atoms with Crippen molar-refractivity contribution in [2.45, 2.75) is 20.8 Å². The zero-order valence-corrected chi connectivity index (χ0v) is 13.8. The van der Waals surface area contributed by atoms with E-state index in [2.05, 4.69) is 53.8 Å². The van der Waals surface area contributed by atoms with Gasteiger partial charge in [-0.25, -0.2) is 4.98 Å². The summed E-state index contributed by atoms with van der Waals surface area (Å²) in [7, 11) is 0. The van der Waals surface area contributed by atoms with Crippen LogP contribution in [0.4, 0.5) is 16.5 Å². The number of nitrogens with zero attached hydrogens (tertiary/aromatic N) is 1. The number of nitrogen functional groups attached to an aromatic ring is 1. The molecule has 0 fully saturated rings. The van der Waals surface area contributed by atoms with E-state index in [1.165, 1.54) is 5.56 Å². The summed E-state index contributed by atoms with van der Waals surface area (Å²) in [6.07, 6.45) is 0. The number of benzene rings is 2. The van der Waals surface area contributed by atoms with Crippen LogP contribution in [0.3, 0.4) is 0 Å². The van der Waals surface area contributed by atoms with Crippen LogP contribution in [0, 0.1) is 20.8 Å². The third-order valence-corrected chi connectivity index (χ3v) is 4.68. The van der Waals surface area contributed by atoms with Crippen LogP contribution in [-0.4, -0.2) is 4.98 Å². The van der Waals surface area contributed by atoms with E-state index in [-0.39, 0.29) is 0 Å². The number of thiazole rings is 1. The molecule has 0 aliphatic carbocycles. The van der Waals surface area contributed by atoms with E-state index in [1.54, 1.807) is 11.3 Å². The SMILES string of the molecule is Cc1ccc(-c2csc(Nc3ccc(N)c(C)c3C)n2)cc1. The Morgan fingerprint density at radius 2 is 1.68 bits per heavy atom. The lowest BCUT2D eigenvalue weighted by molar-refractivity contribution is 1.31. The largest absolute Gasteiger partial charge is 0.399 e. The highest BCUT2D eigenvalue weighted by Gasteiger charge is 2.08. The fourth-order valence-corrected chi connectivity index (χ4v) is 3.01. The molecule has 0 saturated heterocycles. The molecule has 0 radical (unpaired) electrons. The number of aromatic nitrogens is 1. The van der Waals surface area contributed by atoms with Gasteiger partial charge in [-0.3, -0.25) is 0 Å². The maximum absolute atomic E-state index is 5.93. The van der Waals surface area contributed by atoms with Crippen molar-refractivity contribution < 1.29 is 0 Å². The van der Waals surface area contributed by atoms with E-state index in [1.807, 2.05) is 19.1 Å². The fourth-order valence-electron chi connectivity index (χ4n) is 2.28. The normalized spacial score (nSPS) is 10.7. The molecular formula is C18H19N3S. The van der Waals surface area contributed by atoms with Crippen LogP contribution in [0.15, 0.2) is 41.8 Å². The van der Waals surface area contributed by atoms with Gasteiger partial charge in [0.25, 0.3) is 0 Å². The van der Waals surface area contributed by atoms with Crippen LogP contribution in [0.1, 0.15) is 16.7 Å². The Bertz CT molecular complexity index is 804. The average Bonchev–Trinajstić information content (AvgIpc) is 2.97. The Hall–Kier alpha value is -2.33. The van der Waals surface area contributed by atoms with Gasteiger partial charge in [-0.1, -0.05) is 29.8 Å². The summed E-state index contributed by atoms with van der Waals surface area (Å²) in [5, 5.41) is 6.36. The van der Waals surface area contributed by atoms with Gasteiger partial charge in [-0.2, -0.15) is 0 Å². The van der Waals surface area contributed by atoms with E-state index < -0.39 is 0 Å². The van der Waals surface area contributed by atoms with Crippen molar-refractivity contribution in [3.8, 4) is 11.3 Å². The van der Waals surface area contributed by atoms with Crippen LogP contribution in [-0.2, 0) is 0 Å². The van der Waals surface area contributed by atoms with Crippen LogP contribution >= 0.6 is 11.3 Å². The molecular weight excluding hydrogens is 290 g/mol. The molecule has 0 aliphatic heterocycles. The highest BCUT2D eigenvalue weighted by atomic mass is 32.1. The van der Waals surface area contributed by atoms with E-state index in [0.29, 0.717) is 0 Å². The topological polar surface area (TPSA) is 50.9 Å². The van der Waals surface area contributed by atoms with Crippen LogP contribution in [0.2, 0.25) is 0 Å². The molecule has 0 atom stereocenters. The van der Waals surface area contributed by atoms with Gasteiger partial charge in [-0.05, 0) is 44.0 Å². The molecule has 3 rings (SSSR count). The smallest absolute Gasteiger partial charge is 0.187 e. The lowest BCUT2D eigenvalue weighted by Gasteiger charge is -2.11. The first-order chi connectivity index (χ1) is 10.5. The zero-order valence-electron chi connectivity index (χ0n) is 13.0. The van der Waals surface area contributed by atoms with Gasteiger partial charge in [0.1, 0.15) is 0 Å². The van der Waals surface area contributed by atoms with E-state index in [9.17, 15) is 0 Å². The number of aryl methyl sites for hydroxylation is 1. The summed E-state index contributed by atoms with van der Waals surface area (Å²) in [5.41, 5.74) is 13.5. The maximum atomic E-state index is 5.93. The molecule has 1 aromatic heterocycles. The number of nitrogens with one attached hydrogen (secondary N) is 1. The maximum Gasteiger partial charge on any atom is 0.187 e. The van der Waals surface area contributed by atoms with Crippen LogP contribution < -0.4 is 11.1 Å². The Balaban J connectivity index is 1.86. The van der Waals surface area contributed by atoms with Crippen molar-refractivity contribution in [2.75, 3.05) is 11.1 Å². The fraction of sp³-hybridized carbons (Fsp3) is 0.167. The highest BCUT2D eigenvalue weighted by molar-refractivity contribution is 7.14. The summed E-state index contributed by atoms with van der Waals surface area (Å²) in [5.74, 6) is 0. The molecule has 3 N–H and O–H groups in total. The van der Waals surface area contributed by atoms with E-state index >= 15 is 0 Å². The van der Waals surface area contributed by atoms with Gasteiger partial charge < -0.3 is 11.1 Å². The number of nitrogens with two attached hydrogens (primary N) is 1.